The van der Waals surface area contributed by atoms with Crippen LogP contribution in [-0.4, -0.2) is 25.5 Å². The Morgan fingerprint density at radius 3 is 2.84 bits per heavy atom. The Kier molecular flexibility index (Phi) is 5.98. The monoisotopic (exact) mass is 292 g/mol. The van der Waals surface area contributed by atoms with Crippen LogP contribution in [-0.2, 0) is 9.53 Å². The summed E-state index contributed by atoms with van der Waals surface area (Å²) in [5, 5.41) is 2.96. The fourth-order valence-electron chi connectivity index (χ4n) is 1.39. The van der Waals surface area contributed by atoms with Crippen molar-refractivity contribution in [1.82, 2.24) is 0 Å². The number of nitrogens with one attached hydrogen (secondary N) is 1. The van der Waals surface area contributed by atoms with Crippen LogP contribution in [0.15, 0.2) is 12.1 Å². The molecule has 106 valence electrons. The maximum Gasteiger partial charge on any atom is 0.261 e. The molecule has 0 aliphatic rings. The number of ether oxygens (including phenoxy) is 1. The van der Waals surface area contributed by atoms with Crippen LogP contribution in [0.5, 0.6) is 0 Å². The predicted molar refractivity (Wildman–Crippen MR) is 70.7 cm³/mol. The van der Waals surface area contributed by atoms with Gasteiger partial charge in [-0.25, -0.2) is 8.78 Å². The van der Waals surface area contributed by atoms with E-state index < -0.39 is 13.0 Å². The second-order valence-electron chi connectivity index (χ2n) is 3.95. The van der Waals surface area contributed by atoms with Crippen molar-refractivity contribution in [2.45, 2.75) is 19.8 Å². The first-order chi connectivity index (χ1) is 8.90. The number of halogens is 3. The largest absolute Gasteiger partial charge is 0.398 e. The van der Waals surface area contributed by atoms with Crippen LogP contribution < -0.4 is 11.1 Å². The maximum absolute atomic E-state index is 11.8. The minimum Gasteiger partial charge on any atom is -0.398 e. The van der Waals surface area contributed by atoms with Gasteiger partial charge in [0.25, 0.3) is 6.43 Å². The summed E-state index contributed by atoms with van der Waals surface area (Å²) >= 11 is 5.85. The highest BCUT2D eigenvalue weighted by atomic mass is 35.5. The van der Waals surface area contributed by atoms with Gasteiger partial charge in [0, 0.05) is 5.69 Å². The van der Waals surface area contributed by atoms with Crippen molar-refractivity contribution >= 4 is 28.9 Å². The average Bonchev–Trinajstić information content (AvgIpc) is 2.31. The van der Waals surface area contributed by atoms with Gasteiger partial charge in [-0.3, -0.25) is 4.79 Å². The van der Waals surface area contributed by atoms with E-state index >= 15 is 0 Å². The molecular weight excluding hydrogens is 278 g/mol. The summed E-state index contributed by atoms with van der Waals surface area (Å²) in [7, 11) is 0. The molecule has 0 aliphatic carbocycles. The summed E-state index contributed by atoms with van der Waals surface area (Å²) in [6.07, 6.45) is -2.53. The van der Waals surface area contributed by atoms with Crippen LogP contribution in [0.4, 0.5) is 20.2 Å². The molecule has 0 heterocycles. The Bertz CT molecular complexity index is 456. The van der Waals surface area contributed by atoms with Crippen LogP contribution >= 0.6 is 11.6 Å². The van der Waals surface area contributed by atoms with Crippen molar-refractivity contribution < 1.29 is 18.3 Å². The number of aryl methyl sites for hydroxylation is 1. The highest BCUT2D eigenvalue weighted by Crippen LogP contribution is 2.26. The van der Waals surface area contributed by atoms with Crippen molar-refractivity contribution in [2.24, 2.45) is 0 Å². The van der Waals surface area contributed by atoms with E-state index in [-0.39, 0.29) is 18.9 Å². The molecule has 1 rings (SSSR count). The number of hydrogen-bond donors (Lipinski definition) is 2. The molecule has 0 radical (unpaired) electrons. The third-order valence-electron chi connectivity index (χ3n) is 2.34. The summed E-state index contributed by atoms with van der Waals surface area (Å²) in [4.78, 5) is 11.6. The van der Waals surface area contributed by atoms with Gasteiger partial charge >= 0.3 is 0 Å². The highest BCUT2D eigenvalue weighted by Gasteiger charge is 2.08. The van der Waals surface area contributed by atoms with E-state index in [0.717, 1.165) is 5.56 Å². The first-order valence-electron chi connectivity index (χ1n) is 5.61. The van der Waals surface area contributed by atoms with Gasteiger partial charge in [-0.1, -0.05) is 11.6 Å². The smallest absolute Gasteiger partial charge is 0.261 e. The molecule has 19 heavy (non-hydrogen) atoms. The molecule has 7 heteroatoms. The Morgan fingerprint density at radius 2 is 2.21 bits per heavy atom. The molecule has 3 N–H and O–H groups in total. The van der Waals surface area contributed by atoms with Crippen molar-refractivity contribution in [3.8, 4) is 0 Å². The molecule has 0 atom stereocenters. The van der Waals surface area contributed by atoms with Gasteiger partial charge in [0.1, 0.15) is 6.61 Å². The van der Waals surface area contributed by atoms with E-state index in [4.69, 9.17) is 17.3 Å². The van der Waals surface area contributed by atoms with E-state index in [0.29, 0.717) is 16.4 Å². The molecule has 0 fully saturated rings. The average molecular weight is 293 g/mol. The zero-order chi connectivity index (χ0) is 14.4. The topological polar surface area (TPSA) is 64.3 Å². The molecule has 0 spiro atoms. The summed E-state index contributed by atoms with van der Waals surface area (Å²) in [5.41, 5.74) is 7.35. The normalized spacial score (nSPS) is 10.8. The van der Waals surface area contributed by atoms with Crippen LogP contribution in [0.25, 0.3) is 0 Å². The molecule has 1 aromatic carbocycles. The number of rotatable bonds is 6. The second kappa shape index (κ2) is 7.25. The lowest BCUT2D eigenvalue weighted by Crippen LogP contribution is -2.16. The third kappa shape index (κ3) is 5.40. The SMILES string of the molecule is Cc1cc(N)c(Cl)cc1NC(=O)CCOCC(F)F. The van der Waals surface area contributed by atoms with E-state index in [2.05, 4.69) is 10.1 Å². The fourth-order valence-corrected chi connectivity index (χ4v) is 1.55. The summed E-state index contributed by atoms with van der Waals surface area (Å²) < 4.78 is 28.2. The van der Waals surface area contributed by atoms with Crippen molar-refractivity contribution in [3.05, 3.63) is 22.7 Å². The van der Waals surface area contributed by atoms with E-state index in [9.17, 15) is 13.6 Å². The van der Waals surface area contributed by atoms with Crippen molar-refractivity contribution in [3.63, 3.8) is 0 Å². The lowest BCUT2D eigenvalue weighted by atomic mass is 10.1. The first kappa shape index (κ1) is 15.7. The Hall–Kier alpha value is -1.40. The summed E-state index contributed by atoms with van der Waals surface area (Å²) in [5.74, 6) is -0.335. The number of amides is 1. The summed E-state index contributed by atoms with van der Waals surface area (Å²) in [6, 6.07) is 3.19. The number of anilines is 2. The predicted octanol–water partition coefficient (Wildman–Crippen LogP) is 2.84. The fraction of sp³-hybridized carbons (Fsp3) is 0.417. The number of carbonyl (C=O) groups excluding carboxylic acids is 1. The third-order valence-corrected chi connectivity index (χ3v) is 2.66. The van der Waals surface area contributed by atoms with Crippen LogP contribution in [0.1, 0.15) is 12.0 Å². The first-order valence-corrected chi connectivity index (χ1v) is 5.99. The van der Waals surface area contributed by atoms with Gasteiger partial charge < -0.3 is 15.8 Å². The number of nitrogen functional groups attached to an aromatic ring is 1. The summed E-state index contributed by atoms with van der Waals surface area (Å²) in [6.45, 7) is 1.05. The molecule has 0 saturated carbocycles. The van der Waals surface area contributed by atoms with Gasteiger partial charge in [-0.05, 0) is 24.6 Å². The standard InChI is InChI=1S/C12H15ClF2N2O2/c1-7-4-9(16)8(13)5-10(7)17-12(18)2-3-19-6-11(14)15/h4-5,11H,2-3,6,16H2,1H3,(H,17,18). The van der Waals surface area contributed by atoms with Gasteiger partial charge in [-0.2, -0.15) is 0 Å². The van der Waals surface area contributed by atoms with Crippen LogP contribution in [0, 0.1) is 6.92 Å². The molecule has 4 nitrogen and oxygen atoms in total. The Morgan fingerprint density at radius 1 is 1.53 bits per heavy atom. The van der Waals surface area contributed by atoms with Crippen LogP contribution in [0.3, 0.4) is 0 Å². The molecule has 0 aliphatic heterocycles. The van der Waals surface area contributed by atoms with Gasteiger partial charge in [0.05, 0.1) is 23.7 Å². The van der Waals surface area contributed by atoms with Gasteiger partial charge in [-0.15, -0.1) is 0 Å². The number of benzene rings is 1. The molecule has 1 aromatic rings. The zero-order valence-corrected chi connectivity index (χ0v) is 11.1. The Balaban J connectivity index is 2.46. The molecule has 0 saturated heterocycles. The van der Waals surface area contributed by atoms with Gasteiger partial charge in [0.15, 0.2) is 0 Å². The lowest BCUT2D eigenvalue weighted by Gasteiger charge is -2.10. The van der Waals surface area contributed by atoms with E-state index in [1.807, 2.05) is 0 Å². The maximum atomic E-state index is 11.8. The molecule has 0 unspecified atom stereocenters. The second-order valence-corrected chi connectivity index (χ2v) is 4.36. The minimum absolute atomic E-state index is 0.00580. The van der Waals surface area contributed by atoms with Crippen LogP contribution in [0.2, 0.25) is 5.02 Å². The quantitative estimate of drug-likeness (QED) is 0.626. The molecule has 0 bridgehead atoms. The number of nitrogens with two attached hydrogens (primary N) is 1. The van der Waals surface area contributed by atoms with E-state index in [1.165, 1.54) is 0 Å². The lowest BCUT2D eigenvalue weighted by molar-refractivity contribution is -0.117. The van der Waals surface area contributed by atoms with E-state index in [1.54, 1.807) is 19.1 Å². The minimum atomic E-state index is -2.53. The number of carbonyl (C=O) groups is 1. The van der Waals surface area contributed by atoms with Crippen molar-refractivity contribution in [1.29, 1.82) is 0 Å². The molecule has 1 amide bonds. The zero-order valence-electron chi connectivity index (χ0n) is 10.4. The van der Waals surface area contributed by atoms with Crippen molar-refractivity contribution in [2.75, 3.05) is 24.3 Å². The molecule has 0 aromatic heterocycles. The van der Waals surface area contributed by atoms with Gasteiger partial charge in [0.2, 0.25) is 5.91 Å². The number of alkyl halides is 2. The molecular formula is C12H15ClF2N2O2. The number of hydrogen-bond acceptors (Lipinski definition) is 3. The Labute approximate surface area is 114 Å². The highest BCUT2D eigenvalue weighted by molar-refractivity contribution is 6.33.